The van der Waals surface area contributed by atoms with Crippen molar-refractivity contribution in [3.05, 3.63) is 35.9 Å². The Morgan fingerprint density at radius 1 is 1.29 bits per heavy atom. The highest BCUT2D eigenvalue weighted by Gasteiger charge is 2.17. The topological polar surface area (TPSA) is 3.24 Å². The van der Waals surface area contributed by atoms with Gasteiger partial charge in [-0.2, -0.15) is 13.5 Å². The maximum absolute atomic E-state index is 2.54. The number of likely N-dealkylation sites (tertiary alicyclic amines) is 1. The van der Waals surface area contributed by atoms with Crippen LogP contribution in [0.2, 0.25) is 0 Å². The summed E-state index contributed by atoms with van der Waals surface area (Å²) in [6.07, 6.45) is 1.37. The Labute approximate surface area is 93.6 Å². The van der Waals surface area contributed by atoms with Gasteiger partial charge in [-0.3, -0.25) is 4.90 Å². The predicted molar refractivity (Wildman–Crippen MR) is 65.9 cm³/mol. The highest BCUT2D eigenvalue weighted by molar-refractivity contribution is 7.59. The van der Waals surface area contributed by atoms with Gasteiger partial charge in [0.2, 0.25) is 0 Å². The molecule has 0 aliphatic carbocycles. The van der Waals surface area contributed by atoms with E-state index < -0.39 is 0 Å². The summed E-state index contributed by atoms with van der Waals surface area (Å²) in [6.45, 7) is 6.02. The molecule has 1 aliphatic heterocycles. The highest BCUT2D eigenvalue weighted by Crippen LogP contribution is 2.17. The quantitative estimate of drug-likeness (QED) is 0.724. The predicted octanol–water partition coefficient (Wildman–Crippen LogP) is 2.64. The smallest absolute Gasteiger partial charge is 0.0233 e. The summed E-state index contributed by atoms with van der Waals surface area (Å²) in [5, 5.41) is 0. The van der Waals surface area contributed by atoms with Crippen molar-refractivity contribution < 1.29 is 0 Å². The van der Waals surface area contributed by atoms with E-state index in [0.29, 0.717) is 0 Å². The zero-order valence-corrected chi connectivity index (χ0v) is 9.74. The third kappa shape index (κ3) is 3.03. The maximum Gasteiger partial charge on any atom is 0.0233 e. The number of rotatable bonds is 2. The second-order valence-electron chi connectivity index (χ2n) is 4.11. The summed E-state index contributed by atoms with van der Waals surface area (Å²) in [5.74, 6) is 0.892. The molecule has 0 radical (unpaired) electrons. The van der Waals surface area contributed by atoms with Crippen LogP contribution in [-0.2, 0) is 6.54 Å². The van der Waals surface area contributed by atoms with E-state index in [-0.39, 0.29) is 13.5 Å². The van der Waals surface area contributed by atoms with Gasteiger partial charge >= 0.3 is 0 Å². The lowest BCUT2D eigenvalue weighted by atomic mass is 10.2. The Kier molecular flexibility index (Phi) is 4.49. The van der Waals surface area contributed by atoms with Gasteiger partial charge in [-0.05, 0) is 24.4 Å². The fraction of sp³-hybridized carbons (Fsp3) is 0.500. The van der Waals surface area contributed by atoms with Crippen molar-refractivity contribution in [3.8, 4) is 0 Å². The SMILES string of the molecule is CC1CCN(Cc2ccccc2)C1.S. The van der Waals surface area contributed by atoms with E-state index >= 15 is 0 Å². The monoisotopic (exact) mass is 209 g/mol. The lowest BCUT2D eigenvalue weighted by Gasteiger charge is -2.14. The van der Waals surface area contributed by atoms with Crippen molar-refractivity contribution in [1.82, 2.24) is 4.90 Å². The van der Waals surface area contributed by atoms with Crippen molar-refractivity contribution in [2.24, 2.45) is 5.92 Å². The molecule has 1 aromatic carbocycles. The van der Waals surface area contributed by atoms with Gasteiger partial charge in [-0.1, -0.05) is 37.3 Å². The van der Waals surface area contributed by atoms with Crippen LogP contribution in [0.15, 0.2) is 30.3 Å². The zero-order chi connectivity index (χ0) is 9.10. The maximum atomic E-state index is 2.54. The van der Waals surface area contributed by atoms with Gasteiger partial charge in [0, 0.05) is 13.1 Å². The highest BCUT2D eigenvalue weighted by atomic mass is 32.1. The van der Waals surface area contributed by atoms with E-state index in [9.17, 15) is 0 Å². The third-order valence-electron chi connectivity index (χ3n) is 2.76. The summed E-state index contributed by atoms with van der Waals surface area (Å²) >= 11 is 0. The Bertz CT molecular complexity index is 260. The fourth-order valence-electron chi connectivity index (χ4n) is 2.01. The first-order valence-electron chi connectivity index (χ1n) is 5.11. The van der Waals surface area contributed by atoms with Gasteiger partial charge in [0.15, 0.2) is 0 Å². The Balaban J connectivity index is 0.000000980. The van der Waals surface area contributed by atoms with E-state index in [1.54, 1.807) is 0 Å². The molecule has 1 fully saturated rings. The molecule has 1 saturated heterocycles. The molecule has 2 rings (SSSR count). The molecule has 1 aliphatic rings. The van der Waals surface area contributed by atoms with E-state index in [1.807, 2.05) is 0 Å². The second kappa shape index (κ2) is 5.42. The van der Waals surface area contributed by atoms with Crippen LogP contribution in [0.3, 0.4) is 0 Å². The Morgan fingerprint density at radius 3 is 2.57 bits per heavy atom. The molecular formula is C12H19NS. The van der Waals surface area contributed by atoms with Gasteiger partial charge in [0.1, 0.15) is 0 Å². The molecule has 0 spiro atoms. The van der Waals surface area contributed by atoms with Crippen molar-refractivity contribution >= 4 is 13.5 Å². The summed E-state index contributed by atoms with van der Waals surface area (Å²) < 4.78 is 0. The van der Waals surface area contributed by atoms with Crippen LogP contribution < -0.4 is 0 Å². The Morgan fingerprint density at radius 2 is 2.00 bits per heavy atom. The minimum absolute atomic E-state index is 0. The standard InChI is InChI=1S/C12H17N.H2S/c1-11-7-8-13(9-11)10-12-5-3-2-4-6-12;/h2-6,11H,7-10H2,1H3;1H2. The van der Waals surface area contributed by atoms with Gasteiger partial charge in [-0.25, -0.2) is 0 Å². The minimum Gasteiger partial charge on any atom is -0.299 e. The molecule has 0 aromatic heterocycles. The molecular weight excluding hydrogens is 190 g/mol. The van der Waals surface area contributed by atoms with Gasteiger partial charge in [0.25, 0.3) is 0 Å². The number of hydrogen-bond donors (Lipinski definition) is 0. The summed E-state index contributed by atoms with van der Waals surface area (Å²) in [4.78, 5) is 2.54. The summed E-state index contributed by atoms with van der Waals surface area (Å²) in [5.41, 5.74) is 1.44. The lowest BCUT2D eigenvalue weighted by Crippen LogP contribution is -2.19. The number of hydrogen-bond acceptors (Lipinski definition) is 1. The Hall–Kier alpha value is -0.470. The molecule has 1 unspecified atom stereocenters. The zero-order valence-electron chi connectivity index (χ0n) is 8.74. The molecule has 0 bridgehead atoms. The summed E-state index contributed by atoms with van der Waals surface area (Å²) in [6, 6.07) is 10.7. The minimum atomic E-state index is 0. The van der Waals surface area contributed by atoms with Crippen LogP contribution in [0.5, 0.6) is 0 Å². The van der Waals surface area contributed by atoms with Gasteiger partial charge in [0.05, 0.1) is 0 Å². The van der Waals surface area contributed by atoms with Crippen molar-refractivity contribution in [1.29, 1.82) is 0 Å². The molecule has 1 aromatic rings. The van der Waals surface area contributed by atoms with Crippen molar-refractivity contribution in [2.75, 3.05) is 13.1 Å². The van der Waals surface area contributed by atoms with Crippen LogP contribution in [-0.4, -0.2) is 18.0 Å². The fourth-order valence-corrected chi connectivity index (χ4v) is 2.01. The molecule has 1 nitrogen and oxygen atoms in total. The molecule has 1 heterocycles. The van der Waals surface area contributed by atoms with Gasteiger partial charge in [-0.15, -0.1) is 0 Å². The first kappa shape index (κ1) is 11.6. The van der Waals surface area contributed by atoms with Crippen LogP contribution in [0.4, 0.5) is 0 Å². The normalized spacial score (nSPS) is 21.9. The van der Waals surface area contributed by atoms with E-state index in [2.05, 4.69) is 42.2 Å². The first-order valence-corrected chi connectivity index (χ1v) is 5.11. The molecule has 14 heavy (non-hydrogen) atoms. The average molecular weight is 209 g/mol. The number of nitrogens with zero attached hydrogens (tertiary/aromatic N) is 1. The molecule has 0 N–H and O–H groups in total. The molecule has 1 atom stereocenters. The molecule has 2 heteroatoms. The number of benzene rings is 1. The third-order valence-corrected chi connectivity index (χ3v) is 2.76. The first-order chi connectivity index (χ1) is 6.34. The average Bonchev–Trinajstić information content (AvgIpc) is 2.53. The van der Waals surface area contributed by atoms with Crippen LogP contribution in [0.25, 0.3) is 0 Å². The van der Waals surface area contributed by atoms with E-state index in [4.69, 9.17) is 0 Å². The van der Waals surface area contributed by atoms with Crippen LogP contribution in [0.1, 0.15) is 18.9 Å². The van der Waals surface area contributed by atoms with Crippen molar-refractivity contribution in [3.63, 3.8) is 0 Å². The van der Waals surface area contributed by atoms with Crippen LogP contribution >= 0.6 is 13.5 Å². The molecule has 0 saturated carbocycles. The van der Waals surface area contributed by atoms with E-state index in [0.717, 1.165) is 12.5 Å². The largest absolute Gasteiger partial charge is 0.299 e. The lowest BCUT2D eigenvalue weighted by molar-refractivity contribution is 0.320. The molecule has 78 valence electrons. The second-order valence-corrected chi connectivity index (χ2v) is 4.11. The van der Waals surface area contributed by atoms with E-state index in [1.165, 1.54) is 25.1 Å². The van der Waals surface area contributed by atoms with Gasteiger partial charge < -0.3 is 0 Å². The van der Waals surface area contributed by atoms with Crippen molar-refractivity contribution in [2.45, 2.75) is 19.9 Å². The summed E-state index contributed by atoms with van der Waals surface area (Å²) in [7, 11) is 0. The molecule has 0 amide bonds. The van der Waals surface area contributed by atoms with Crippen LogP contribution in [0, 0.1) is 5.92 Å².